The monoisotopic (exact) mass is 270 g/mol. The summed E-state index contributed by atoms with van der Waals surface area (Å²) in [6.07, 6.45) is 4.79. The first-order valence-electron chi connectivity index (χ1n) is 6.87. The van der Waals surface area contributed by atoms with Crippen molar-refractivity contribution < 1.29 is 9.13 Å². The molecule has 0 atom stereocenters. The summed E-state index contributed by atoms with van der Waals surface area (Å²) in [6.45, 7) is 4.42. The fraction of sp³-hybridized carbons (Fsp3) is 0.222. The van der Waals surface area contributed by atoms with Gasteiger partial charge in [-0.1, -0.05) is 36.9 Å². The van der Waals surface area contributed by atoms with Crippen LogP contribution < -0.4 is 4.74 Å². The molecule has 2 heteroatoms. The molecule has 0 aliphatic rings. The minimum absolute atomic E-state index is 0.181. The van der Waals surface area contributed by atoms with Crippen LogP contribution in [0.5, 0.6) is 5.75 Å². The van der Waals surface area contributed by atoms with Gasteiger partial charge in [0.05, 0.1) is 6.61 Å². The van der Waals surface area contributed by atoms with Gasteiger partial charge in [-0.25, -0.2) is 4.39 Å². The predicted molar refractivity (Wildman–Crippen MR) is 81.4 cm³/mol. The molecule has 0 fully saturated rings. The van der Waals surface area contributed by atoms with E-state index in [9.17, 15) is 4.39 Å². The van der Waals surface area contributed by atoms with Crippen molar-refractivity contribution in [3.05, 3.63) is 72.1 Å². The highest BCUT2D eigenvalue weighted by Crippen LogP contribution is 2.13. The number of hydrogen-bond donors (Lipinski definition) is 0. The third-order valence-corrected chi connectivity index (χ3v) is 3.16. The van der Waals surface area contributed by atoms with E-state index < -0.39 is 0 Å². The number of halogens is 1. The second-order valence-electron chi connectivity index (χ2n) is 4.71. The molecule has 0 spiro atoms. The van der Waals surface area contributed by atoms with Crippen molar-refractivity contribution >= 4 is 6.08 Å². The molecule has 0 aliphatic carbocycles. The first-order chi connectivity index (χ1) is 9.78. The van der Waals surface area contributed by atoms with Crippen molar-refractivity contribution in [1.29, 1.82) is 0 Å². The molecule has 2 aromatic rings. The van der Waals surface area contributed by atoms with E-state index in [0.29, 0.717) is 6.61 Å². The van der Waals surface area contributed by atoms with Crippen LogP contribution in [0.3, 0.4) is 0 Å². The summed E-state index contributed by atoms with van der Waals surface area (Å²) in [7, 11) is 0. The van der Waals surface area contributed by atoms with Gasteiger partial charge in [-0.3, -0.25) is 0 Å². The molecule has 1 nitrogen and oxygen atoms in total. The van der Waals surface area contributed by atoms with E-state index in [2.05, 4.69) is 6.58 Å². The number of unbranched alkanes of at least 4 members (excludes halogenated alkanes) is 1. The molecule has 20 heavy (non-hydrogen) atoms. The van der Waals surface area contributed by atoms with Crippen molar-refractivity contribution in [2.45, 2.75) is 19.3 Å². The van der Waals surface area contributed by atoms with E-state index in [1.54, 1.807) is 0 Å². The maximum Gasteiger partial charge on any atom is 0.123 e. The van der Waals surface area contributed by atoms with Crippen LogP contribution in [0.15, 0.2) is 55.1 Å². The SMILES string of the molecule is C=Cc1ccc(OCCCCc2ccc(F)cc2)cc1. The molecule has 0 unspecified atom stereocenters. The van der Waals surface area contributed by atoms with E-state index in [0.717, 1.165) is 30.6 Å². The predicted octanol–water partition coefficient (Wildman–Crippen LogP) is 4.87. The van der Waals surface area contributed by atoms with Crippen LogP contribution in [0.4, 0.5) is 4.39 Å². The standard InChI is InChI=1S/C18H19FO/c1-2-15-8-12-18(13-9-15)20-14-4-3-5-16-6-10-17(19)11-7-16/h2,6-13H,1,3-5,14H2. The molecular formula is C18H19FO. The maximum atomic E-state index is 12.7. The number of benzene rings is 2. The summed E-state index contributed by atoms with van der Waals surface area (Å²) in [4.78, 5) is 0. The van der Waals surface area contributed by atoms with Crippen LogP contribution in [-0.4, -0.2) is 6.61 Å². The van der Waals surface area contributed by atoms with Crippen molar-refractivity contribution in [3.63, 3.8) is 0 Å². The van der Waals surface area contributed by atoms with Gasteiger partial charge < -0.3 is 4.74 Å². The van der Waals surface area contributed by atoms with Crippen LogP contribution in [0, 0.1) is 5.82 Å². The van der Waals surface area contributed by atoms with Crippen molar-refractivity contribution in [3.8, 4) is 5.75 Å². The summed E-state index contributed by atoms with van der Waals surface area (Å²) in [5.74, 6) is 0.706. The lowest BCUT2D eigenvalue weighted by molar-refractivity contribution is 0.307. The molecule has 0 saturated heterocycles. The van der Waals surface area contributed by atoms with Crippen LogP contribution in [-0.2, 0) is 6.42 Å². The number of rotatable bonds is 7. The average Bonchev–Trinajstić information content (AvgIpc) is 2.49. The van der Waals surface area contributed by atoms with Gasteiger partial charge in [-0.15, -0.1) is 0 Å². The zero-order chi connectivity index (χ0) is 14.2. The van der Waals surface area contributed by atoms with Crippen molar-refractivity contribution in [1.82, 2.24) is 0 Å². The molecule has 0 amide bonds. The Morgan fingerprint density at radius 2 is 1.65 bits per heavy atom. The molecule has 0 aromatic heterocycles. The van der Waals surface area contributed by atoms with Crippen molar-refractivity contribution in [2.75, 3.05) is 6.61 Å². The summed E-state index contributed by atoms with van der Waals surface area (Å²) in [5.41, 5.74) is 2.26. The summed E-state index contributed by atoms with van der Waals surface area (Å²) in [6, 6.07) is 14.6. The second kappa shape index (κ2) is 7.49. The lowest BCUT2D eigenvalue weighted by atomic mass is 10.1. The lowest BCUT2D eigenvalue weighted by Crippen LogP contribution is -1.98. The molecule has 0 radical (unpaired) electrons. The van der Waals surface area contributed by atoms with Crippen LogP contribution in [0.1, 0.15) is 24.0 Å². The molecule has 0 bridgehead atoms. The van der Waals surface area contributed by atoms with Gasteiger partial charge >= 0.3 is 0 Å². The van der Waals surface area contributed by atoms with E-state index in [-0.39, 0.29) is 5.82 Å². The molecule has 104 valence electrons. The third kappa shape index (κ3) is 4.54. The Hall–Kier alpha value is -2.09. The Morgan fingerprint density at radius 3 is 2.30 bits per heavy atom. The largest absolute Gasteiger partial charge is 0.494 e. The number of ether oxygens (including phenoxy) is 1. The Labute approximate surface area is 119 Å². The van der Waals surface area contributed by atoms with Crippen LogP contribution in [0.2, 0.25) is 0 Å². The first-order valence-corrected chi connectivity index (χ1v) is 6.87. The van der Waals surface area contributed by atoms with E-state index in [1.807, 2.05) is 42.5 Å². The fourth-order valence-corrected chi connectivity index (χ4v) is 1.97. The van der Waals surface area contributed by atoms with Gasteiger partial charge in [0.2, 0.25) is 0 Å². The van der Waals surface area contributed by atoms with E-state index in [1.165, 1.54) is 17.7 Å². The zero-order valence-corrected chi connectivity index (χ0v) is 11.5. The normalized spacial score (nSPS) is 10.2. The molecule has 2 rings (SSSR count). The van der Waals surface area contributed by atoms with Gasteiger partial charge in [0, 0.05) is 0 Å². The molecule has 0 saturated carbocycles. The Kier molecular flexibility index (Phi) is 5.36. The smallest absolute Gasteiger partial charge is 0.123 e. The quantitative estimate of drug-likeness (QED) is 0.652. The zero-order valence-electron chi connectivity index (χ0n) is 11.5. The van der Waals surface area contributed by atoms with Gasteiger partial charge in [0.15, 0.2) is 0 Å². The molecule has 0 N–H and O–H groups in total. The number of hydrogen-bond acceptors (Lipinski definition) is 1. The minimum Gasteiger partial charge on any atom is -0.494 e. The summed E-state index contributed by atoms with van der Waals surface area (Å²) < 4.78 is 18.4. The Morgan fingerprint density at radius 1 is 0.950 bits per heavy atom. The first kappa shape index (κ1) is 14.3. The van der Waals surface area contributed by atoms with Gasteiger partial charge in [0.1, 0.15) is 11.6 Å². The van der Waals surface area contributed by atoms with Gasteiger partial charge in [-0.2, -0.15) is 0 Å². The van der Waals surface area contributed by atoms with E-state index in [4.69, 9.17) is 4.74 Å². The average molecular weight is 270 g/mol. The second-order valence-corrected chi connectivity index (χ2v) is 4.71. The molecule has 0 aliphatic heterocycles. The lowest BCUT2D eigenvalue weighted by Gasteiger charge is -2.06. The molecular weight excluding hydrogens is 251 g/mol. The van der Waals surface area contributed by atoms with Crippen molar-refractivity contribution in [2.24, 2.45) is 0 Å². The third-order valence-electron chi connectivity index (χ3n) is 3.16. The minimum atomic E-state index is -0.181. The van der Waals surface area contributed by atoms with Gasteiger partial charge in [0.25, 0.3) is 0 Å². The number of aryl methyl sites for hydroxylation is 1. The Balaban J connectivity index is 1.65. The highest BCUT2D eigenvalue weighted by Gasteiger charge is 1.96. The fourth-order valence-electron chi connectivity index (χ4n) is 1.97. The topological polar surface area (TPSA) is 9.23 Å². The van der Waals surface area contributed by atoms with E-state index >= 15 is 0 Å². The maximum absolute atomic E-state index is 12.7. The molecule has 2 aromatic carbocycles. The summed E-state index contributed by atoms with van der Waals surface area (Å²) >= 11 is 0. The van der Waals surface area contributed by atoms with Crippen LogP contribution in [0.25, 0.3) is 6.08 Å². The van der Waals surface area contributed by atoms with Gasteiger partial charge in [-0.05, 0) is 54.7 Å². The molecule has 0 heterocycles. The Bertz CT molecular complexity index is 528. The highest BCUT2D eigenvalue weighted by molar-refractivity contribution is 5.48. The van der Waals surface area contributed by atoms with Crippen LogP contribution >= 0.6 is 0 Å². The summed E-state index contributed by atoms with van der Waals surface area (Å²) in [5, 5.41) is 0. The highest BCUT2D eigenvalue weighted by atomic mass is 19.1.